The maximum atomic E-state index is 12.4. The highest BCUT2D eigenvalue weighted by molar-refractivity contribution is 7.80. The van der Waals surface area contributed by atoms with Gasteiger partial charge in [-0.3, -0.25) is 9.27 Å². The molecule has 0 amide bonds. The first kappa shape index (κ1) is 9.08. The van der Waals surface area contributed by atoms with Crippen LogP contribution in [0.3, 0.4) is 0 Å². The van der Waals surface area contributed by atoms with E-state index in [0.29, 0.717) is 0 Å². The molecule has 0 bridgehead atoms. The SMILES string of the molecule is O=S(O)Nc1ccc(F)c(F)c1. The number of hydrogen-bond donors (Lipinski definition) is 2. The fraction of sp³-hybridized carbons (Fsp3) is 0. The van der Waals surface area contributed by atoms with Crippen LogP contribution in [0.15, 0.2) is 18.2 Å². The first-order valence-electron chi connectivity index (χ1n) is 2.92. The Kier molecular flexibility index (Phi) is 2.72. The number of nitrogens with one attached hydrogen (secondary N) is 1. The Labute approximate surface area is 69.8 Å². The van der Waals surface area contributed by atoms with Crippen LogP contribution in [0.1, 0.15) is 0 Å². The van der Waals surface area contributed by atoms with Gasteiger partial charge in [-0.15, -0.1) is 0 Å². The number of hydrogen-bond acceptors (Lipinski definition) is 1. The predicted octanol–water partition coefficient (Wildman–Crippen LogP) is 1.51. The minimum absolute atomic E-state index is 0.0507. The first-order chi connectivity index (χ1) is 5.59. The Morgan fingerprint density at radius 2 is 2.00 bits per heavy atom. The van der Waals surface area contributed by atoms with Crippen molar-refractivity contribution in [2.45, 2.75) is 0 Å². The van der Waals surface area contributed by atoms with Crippen LogP contribution in [0, 0.1) is 11.6 Å². The van der Waals surface area contributed by atoms with E-state index in [0.717, 1.165) is 18.2 Å². The summed E-state index contributed by atoms with van der Waals surface area (Å²) in [5, 5.41) is 0. The topological polar surface area (TPSA) is 49.3 Å². The molecule has 0 fully saturated rings. The van der Waals surface area contributed by atoms with Crippen LogP contribution in [0.25, 0.3) is 0 Å². The normalized spacial score (nSPS) is 12.6. The van der Waals surface area contributed by atoms with Crippen LogP contribution >= 0.6 is 0 Å². The molecule has 0 radical (unpaired) electrons. The molecular formula is C6H5F2NO2S. The summed E-state index contributed by atoms with van der Waals surface area (Å²) in [6.45, 7) is 0. The lowest BCUT2D eigenvalue weighted by Crippen LogP contribution is -2.02. The van der Waals surface area contributed by atoms with Crippen molar-refractivity contribution < 1.29 is 17.5 Å². The molecule has 1 rings (SSSR count). The molecule has 6 heteroatoms. The smallest absolute Gasteiger partial charge is 0.259 e. The summed E-state index contributed by atoms with van der Waals surface area (Å²) in [6.07, 6.45) is 0. The molecular weight excluding hydrogens is 188 g/mol. The van der Waals surface area contributed by atoms with Crippen LogP contribution in [0.5, 0.6) is 0 Å². The Bertz CT molecular complexity index is 318. The lowest BCUT2D eigenvalue weighted by molar-refractivity contribution is 0.509. The molecule has 3 nitrogen and oxygen atoms in total. The summed E-state index contributed by atoms with van der Waals surface area (Å²) in [4.78, 5) is 0. The van der Waals surface area contributed by atoms with Crippen molar-refractivity contribution in [1.29, 1.82) is 0 Å². The van der Waals surface area contributed by atoms with Gasteiger partial charge < -0.3 is 0 Å². The highest BCUT2D eigenvalue weighted by Gasteiger charge is 2.02. The molecule has 0 aromatic heterocycles. The maximum Gasteiger partial charge on any atom is 0.259 e. The third kappa shape index (κ3) is 2.24. The fourth-order valence-corrected chi connectivity index (χ4v) is 0.989. The number of benzene rings is 1. The zero-order valence-corrected chi connectivity index (χ0v) is 6.57. The molecule has 0 aliphatic rings. The molecule has 0 saturated heterocycles. The molecule has 1 aromatic carbocycles. The quantitative estimate of drug-likeness (QED) is 0.699. The molecule has 0 saturated carbocycles. The minimum atomic E-state index is -2.27. The first-order valence-corrected chi connectivity index (χ1v) is 4.03. The average Bonchev–Trinajstić information content (AvgIpc) is 1.96. The van der Waals surface area contributed by atoms with Gasteiger partial charge in [-0.1, -0.05) is 0 Å². The van der Waals surface area contributed by atoms with Crippen LogP contribution < -0.4 is 4.72 Å². The van der Waals surface area contributed by atoms with Crippen LogP contribution in [-0.2, 0) is 11.3 Å². The summed E-state index contributed by atoms with van der Waals surface area (Å²) in [7, 11) is 0. The Hall–Kier alpha value is -1.01. The van der Waals surface area contributed by atoms with Gasteiger partial charge >= 0.3 is 0 Å². The number of anilines is 1. The highest BCUT2D eigenvalue weighted by atomic mass is 32.2. The van der Waals surface area contributed by atoms with Crippen molar-refractivity contribution in [3.8, 4) is 0 Å². The van der Waals surface area contributed by atoms with E-state index in [-0.39, 0.29) is 5.69 Å². The van der Waals surface area contributed by atoms with Crippen LogP contribution in [0.4, 0.5) is 14.5 Å². The second-order valence-corrected chi connectivity index (χ2v) is 2.68. The van der Waals surface area contributed by atoms with Crippen molar-refractivity contribution in [2.75, 3.05) is 4.72 Å². The zero-order chi connectivity index (χ0) is 9.14. The molecule has 1 aromatic rings. The molecule has 12 heavy (non-hydrogen) atoms. The number of rotatable bonds is 2. The summed E-state index contributed by atoms with van der Waals surface area (Å²) in [5.41, 5.74) is 0.0507. The molecule has 1 atom stereocenters. The largest absolute Gasteiger partial charge is 0.289 e. The Balaban J connectivity index is 2.89. The van der Waals surface area contributed by atoms with E-state index in [2.05, 4.69) is 0 Å². The zero-order valence-electron chi connectivity index (χ0n) is 5.75. The Morgan fingerprint density at radius 1 is 1.33 bits per heavy atom. The van der Waals surface area contributed by atoms with Gasteiger partial charge in [-0.25, -0.2) is 13.0 Å². The second kappa shape index (κ2) is 3.59. The van der Waals surface area contributed by atoms with E-state index >= 15 is 0 Å². The highest BCUT2D eigenvalue weighted by Crippen LogP contribution is 2.12. The van der Waals surface area contributed by atoms with Gasteiger partial charge in [0.05, 0.1) is 5.69 Å². The van der Waals surface area contributed by atoms with E-state index in [1.54, 1.807) is 0 Å². The molecule has 0 aliphatic carbocycles. The summed E-state index contributed by atoms with van der Waals surface area (Å²) in [6, 6.07) is 2.82. The third-order valence-electron chi connectivity index (χ3n) is 1.12. The van der Waals surface area contributed by atoms with Crippen molar-refractivity contribution in [3.05, 3.63) is 29.8 Å². The third-order valence-corrected chi connectivity index (χ3v) is 1.54. The van der Waals surface area contributed by atoms with E-state index in [1.807, 2.05) is 4.72 Å². The number of halogens is 2. The predicted molar refractivity (Wildman–Crippen MR) is 40.8 cm³/mol. The standard InChI is InChI=1S/C6H5F2NO2S/c7-5-2-1-4(3-6(5)8)9-12(10)11/h1-3,9H,(H,10,11). The van der Waals surface area contributed by atoms with Gasteiger partial charge in [-0.05, 0) is 12.1 Å². The molecule has 66 valence electrons. The van der Waals surface area contributed by atoms with Crippen molar-refractivity contribution in [2.24, 2.45) is 0 Å². The molecule has 2 N–H and O–H groups in total. The minimum Gasteiger partial charge on any atom is -0.289 e. The molecule has 0 aliphatic heterocycles. The monoisotopic (exact) mass is 193 g/mol. The van der Waals surface area contributed by atoms with E-state index in [9.17, 15) is 13.0 Å². The molecule has 0 heterocycles. The van der Waals surface area contributed by atoms with Crippen molar-refractivity contribution >= 4 is 17.0 Å². The van der Waals surface area contributed by atoms with Gasteiger partial charge in [0.2, 0.25) is 0 Å². The van der Waals surface area contributed by atoms with E-state index in [1.165, 1.54) is 0 Å². The Morgan fingerprint density at radius 3 is 2.50 bits per heavy atom. The van der Waals surface area contributed by atoms with Gasteiger partial charge in [0, 0.05) is 6.07 Å². The van der Waals surface area contributed by atoms with E-state index in [4.69, 9.17) is 4.55 Å². The van der Waals surface area contributed by atoms with Crippen molar-refractivity contribution in [1.82, 2.24) is 0 Å². The summed E-state index contributed by atoms with van der Waals surface area (Å²) >= 11 is -2.27. The van der Waals surface area contributed by atoms with Gasteiger partial charge in [0.1, 0.15) is 0 Å². The van der Waals surface area contributed by atoms with Gasteiger partial charge in [0.15, 0.2) is 11.6 Å². The van der Waals surface area contributed by atoms with E-state index < -0.39 is 22.9 Å². The van der Waals surface area contributed by atoms with Crippen LogP contribution in [0.2, 0.25) is 0 Å². The van der Waals surface area contributed by atoms with Gasteiger partial charge in [0.25, 0.3) is 11.3 Å². The summed E-state index contributed by atoms with van der Waals surface area (Å²) in [5.74, 6) is -2.06. The maximum absolute atomic E-state index is 12.4. The van der Waals surface area contributed by atoms with Crippen LogP contribution in [-0.4, -0.2) is 8.76 Å². The summed E-state index contributed by atoms with van der Waals surface area (Å²) < 4.78 is 45.2. The molecule has 1 unspecified atom stereocenters. The fourth-order valence-electron chi connectivity index (χ4n) is 0.660. The lowest BCUT2D eigenvalue weighted by Gasteiger charge is -2.00. The average molecular weight is 193 g/mol. The van der Waals surface area contributed by atoms with Gasteiger partial charge in [-0.2, -0.15) is 0 Å². The lowest BCUT2D eigenvalue weighted by atomic mass is 10.3. The second-order valence-electron chi connectivity index (χ2n) is 1.98. The molecule has 0 spiro atoms. The van der Waals surface area contributed by atoms with Crippen molar-refractivity contribution in [3.63, 3.8) is 0 Å².